The molecule has 0 radical (unpaired) electrons. The molecule has 10 heteroatoms. The third-order valence-electron chi connectivity index (χ3n) is 4.60. The van der Waals surface area contributed by atoms with Crippen LogP contribution in [0.3, 0.4) is 0 Å². The van der Waals surface area contributed by atoms with Crippen LogP contribution in [0, 0.1) is 21.7 Å². The van der Waals surface area contributed by atoms with Gasteiger partial charge in [-0.3, -0.25) is 10.1 Å². The average Bonchev–Trinajstić information content (AvgIpc) is 2.59. The van der Waals surface area contributed by atoms with Crippen molar-refractivity contribution in [3.63, 3.8) is 0 Å². The molecule has 0 aliphatic heterocycles. The van der Waals surface area contributed by atoms with Gasteiger partial charge < -0.3 is 10.1 Å². The minimum Gasteiger partial charge on any atom is -0.444 e. The Morgan fingerprint density at radius 1 is 1.21 bits per heavy atom. The lowest BCUT2D eigenvalue weighted by Crippen LogP contribution is -2.53. The van der Waals surface area contributed by atoms with Gasteiger partial charge in [-0.15, -0.1) is 0 Å². The largest absolute Gasteiger partial charge is 0.444 e. The molecular formula is C19H20F2N4O4. The summed E-state index contributed by atoms with van der Waals surface area (Å²) in [5.74, 6) is -2.56. The number of amides is 1. The summed E-state index contributed by atoms with van der Waals surface area (Å²) in [6, 6.07) is 1.99. The molecule has 0 unspecified atom stereocenters. The first-order chi connectivity index (χ1) is 13.5. The van der Waals surface area contributed by atoms with E-state index in [-0.39, 0.29) is 11.1 Å². The maximum absolute atomic E-state index is 14.2. The molecule has 1 saturated carbocycles. The Labute approximate surface area is 165 Å². The number of alkyl carbamates (subject to hydrolysis) is 1. The molecule has 3 rings (SSSR count). The van der Waals surface area contributed by atoms with E-state index >= 15 is 0 Å². The Balaban J connectivity index is 1.85. The normalized spacial score (nSPS) is 15.3. The zero-order chi connectivity index (χ0) is 21.4. The van der Waals surface area contributed by atoms with Gasteiger partial charge in [-0.05, 0) is 46.1 Å². The zero-order valence-electron chi connectivity index (χ0n) is 16.2. The van der Waals surface area contributed by atoms with Crippen LogP contribution < -0.4 is 5.32 Å². The maximum Gasteiger partial charge on any atom is 0.408 e. The number of carbonyl (C=O) groups excluding carboxylic acids is 1. The van der Waals surface area contributed by atoms with E-state index in [1.54, 1.807) is 20.8 Å². The monoisotopic (exact) mass is 406 g/mol. The SMILES string of the molecule is CC(C)(C)OC(=O)NC1(c2ncc(-c3ccc([N+](=O)[O-])c(F)c3F)cn2)CCC1. The first-order valence-corrected chi connectivity index (χ1v) is 8.99. The molecule has 0 spiro atoms. The summed E-state index contributed by atoms with van der Waals surface area (Å²) in [5, 5.41) is 13.5. The lowest BCUT2D eigenvalue weighted by molar-refractivity contribution is -0.387. The lowest BCUT2D eigenvalue weighted by atomic mass is 9.76. The minimum atomic E-state index is -1.54. The fourth-order valence-corrected chi connectivity index (χ4v) is 3.05. The molecule has 0 bridgehead atoms. The summed E-state index contributed by atoms with van der Waals surface area (Å²) in [4.78, 5) is 30.3. The predicted octanol–water partition coefficient (Wildman–Crippen LogP) is 4.23. The third kappa shape index (κ3) is 4.15. The highest BCUT2D eigenvalue weighted by Gasteiger charge is 2.43. The smallest absolute Gasteiger partial charge is 0.408 e. The van der Waals surface area contributed by atoms with Crippen molar-refractivity contribution in [3.8, 4) is 11.1 Å². The van der Waals surface area contributed by atoms with Crippen molar-refractivity contribution in [2.45, 2.75) is 51.2 Å². The van der Waals surface area contributed by atoms with Gasteiger partial charge in [-0.2, -0.15) is 4.39 Å². The molecular weight excluding hydrogens is 386 g/mol. The molecule has 8 nitrogen and oxygen atoms in total. The van der Waals surface area contributed by atoms with Crippen LogP contribution in [0.2, 0.25) is 0 Å². The zero-order valence-corrected chi connectivity index (χ0v) is 16.2. The van der Waals surface area contributed by atoms with Crippen LogP contribution in [-0.4, -0.2) is 26.6 Å². The van der Waals surface area contributed by atoms with E-state index in [2.05, 4.69) is 15.3 Å². The van der Waals surface area contributed by atoms with E-state index in [0.717, 1.165) is 18.6 Å². The fourth-order valence-electron chi connectivity index (χ4n) is 3.05. The summed E-state index contributed by atoms with van der Waals surface area (Å²) in [5.41, 5.74) is -2.41. The van der Waals surface area contributed by atoms with Crippen molar-refractivity contribution in [1.29, 1.82) is 0 Å². The number of benzene rings is 1. The van der Waals surface area contributed by atoms with Crippen LogP contribution in [0.5, 0.6) is 0 Å². The van der Waals surface area contributed by atoms with Gasteiger partial charge in [0.05, 0.1) is 4.92 Å². The predicted molar refractivity (Wildman–Crippen MR) is 98.9 cm³/mol. The lowest BCUT2D eigenvalue weighted by Gasteiger charge is -2.41. The number of hydrogen-bond donors (Lipinski definition) is 1. The standard InChI is InChI=1S/C19H20F2N4O4/c1-18(2,3)29-17(26)24-19(7-4-8-19)16-22-9-11(10-23-16)12-5-6-13(25(27)28)15(21)14(12)20/h5-6,9-10H,4,7-8H2,1-3H3,(H,24,26). The molecule has 29 heavy (non-hydrogen) atoms. The Morgan fingerprint density at radius 2 is 1.83 bits per heavy atom. The Bertz CT molecular complexity index is 954. The van der Waals surface area contributed by atoms with Crippen molar-refractivity contribution in [2.24, 2.45) is 0 Å². The molecule has 154 valence electrons. The number of nitro benzene ring substituents is 1. The van der Waals surface area contributed by atoms with Gasteiger partial charge in [-0.1, -0.05) is 0 Å². The number of aromatic nitrogens is 2. The summed E-state index contributed by atoms with van der Waals surface area (Å²) in [6.45, 7) is 5.26. The fraction of sp³-hybridized carbons (Fsp3) is 0.421. The summed E-state index contributed by atoms with van der Waals surface area (Å²) < 4.78 is 33.4. The van der Waals surface area contributed by atoms with Crippen LogP contribution in [0.4, 0.5) is 19.3 Å². The Morgan fingerprint density at radius 3 is 2.31 bits per heavy atom. The van der Waals surface area contributed by atoms with Crippen LogP contribution >= 0.6 is 0 Å². The molecule has 0 atom stereocenters. The number of rotatable bonds is 4. The van der Waals surface area contributed by atoms with Crippen LogP contribution in [0.1, 0.15) is 45.9 Å². The van der Waals surface area contributed by atoms with Gasteiger partial charge in [0, 0.05) is 29.6 Å². The number of halogens is 2. The topological polar surface area (TPSA) is 107 Å². The van der Waals surface area contributed by atoms with Crippen LogP contribution in [-0.2, 0) is 10.3 Å². The molecule has 1 N–H and O–H groups in total. The summed E-state index contributed by atoms with van der Waals surface area (Å²) >= 11 is 0. The van der Waals surface area contributed by atoms with E-state index in [1.165, 1.54) is 12.4 Å². The number of nitrogens with one attached hydrogen (secondary N) is 1. The van der Waals surface area contributed by atoms with E-state index in [1.807, 2.05) is 0 Å². The number of ether oxygens (including phenoxy) is 1. The highest BCUT2D eigenvalue weighted by molar-refractivity contribution is 5.69. The first kappa shape index (κ1) is 20.6. The molecule has 2 aromatic rings. The Kier molecular flexibility index (Phi) is 5.20. The molecule has 1 aliphatic carbocycles. The minimum absolute atomic E-state index is 0.159. The molecule has 1 aliphatic rings. The molecule has 1 fully saturated rings. The van der Waals surface area contributed by atoms with E-state index < -0.39 is 39.5 Å². The van der Waals surface area contributed by atoms with Crippen LogP contribution in [0.25, 0.3) is 11.1 Å². The highest BCUT2D eigenvalue weighted by atomic mass is 19.2. The van der Waals surface area contributed by atoms with Gasteiger partial charge in [0.2, 0.25) is 5.82 Å². The second-order valence-electron chi connectivity index (χ2n) is 7.88. The second kappa shape index (κ2) is 7.34. The van der Waals surface area contributed by atoms with Gasteiger partial charge in [0.1, 0.15) is 11.1 Å². The number of hydrogen-bond acceptors (Lipinski definition) is 6. The number of nitrogens with zero attached hydrogens (tertiary/aromatic N) is 3. The summed E-state index contributed by atoms with van der Waals surface area (Å²) in [6.07, 6.45) is 4.10. The third-order valence-corrected chi connectivity index (χ3v) is 4.60. The molecule has 1 amide bonds. The van der Waals surface area contributed by atoms with E-state index in [9.17, 15) is 23.7 Å². The second-order valence-corrected chi connectivity index (χ2v) is 7.88. The van der Waals surface area contributed by atoms with Crippen molar-refractivity contribution in [3.05, 3.63) is 52.1 Å². The van der Waals surface area contributed by atoms with Gasteiger partial charge in [0.15, 0.2) is 11.6 Å². The van der Waals surface area contributed by atoms with Crippen molar-refractivity contribution in [1.82, 2.24) is 15.3 Å². The van der Waals surface area contributed by atoms with Gasteiger partial charge in [0.25, 0.3) is 0 Å². The van der Waals surface area contributed by atoms with Crippen LogP contribution in [0.15, 0.2) is 24.5 Å². The molecule has 1 heterocycles. The Hall–Kier alpha value is -3.17. The number of nitro groups is 1. The van der Waals surface area contributed by atoms with Gasteiger partial charge in [-0.25, -0.2) is 19.2 Å². The quantitative estimate of drug-likeness (QED) is 0.601. The average molecular weight is 406 g/mol. The molecule has 0 saturated heterocycles. The number of carbonyl (C=O) groups is 1. The van der Waals surface area contributed by atoms with Crippen molar-refractivity contribution >= 4 is 11.8 Å². The molecule has 1 aromatic carbocycles. The highest BCUT2D eigenvalue weighted by Crippen LogP contribution is 2.40. The molecule has 1 aromatic heterocycles. The van der Waals surface area contributed by atoms with Gasteiger partial charge >= 0.3 is 11.8 Å². The first-order valence-electron chi connectivity index (χ1n) is 8.99. The summed E-state index contributed by atoms with van der Waals surface area (Å²) in [7, 11) is 0. The van der Waals surface area contributed by atoms with E-state index in [4.69, 9.17) is 4.74 Å². The van der Waals surface area contributed by atoms with Crippen molar-refractivity contribution in [2.75, 3.05) is 0 Å². The van der Waals surface area contributed by atoms with E-state index in [0.29, 0.717) is 18.7 Å². The van der Waals surface area contributed by atoms with Crippen molar-refractivity contribution < 1.29 is 23.2 Å². The maximum atomic E-state index is 14.2.